The van der Waals surface area contributed by atoms with Gasteiger partial charge in [-0.25, -0.2) is 4.98 Å². The fourth-order valence-corrected chi connectivity index (χ4v) is 3.84. The van der Waals surface area contributed by atoms with Crippen LogP contribution in [0.5, 0.6) is 0 Å². The van der Waals surface area contributed by atoms with Crippen LogP contribution in [-0.4, -0.2) is 15.9 Å². The first kappa shape index (κ1) is 16.6. The van der Waals surface area contributed by atoms with Gasteiger partial charge in [-0.2, -0.15) is 0 Å². The molecular formula is C20H15N3OS2. The Balaban J connectivity index is 1.59. The van der Waals surface area contributed by atoms with Crippen molar-refractivity contribution in [3.63, 3.8) is 0 Å². The summed E-state index contributed by atoms with van der Waals surface area (Å²) in [7, 11) is 0. The van der Waals surface area contributed by atoms with Gasteiger partial charge in [0.25, 0.3) is 5.91 Å². The van der Waals surface area contributed by atoms with E-state index in [1.807, 2.05) is 35.8 Å². The van der Waals surface area contributed by atoms with Crippen molar-refractivity contribution < 1.29 is 4.79 Å². The Labute approximate surface area is 159 Å². The van der Waals surface area contributed by atoms with Crippen LogP contribution in [0.15, 0.2) is 65.7 Å². The summed E-state index contributed by atoms with van der Waals surface area (Å²) in [6.45, 7) is 2.10. The van der Waals surface area contributed by atoms with Crippen molar-refractivity contribution in [1.29, 1.82) is 0 Å². The number of thiazole rings is 2. The van der Waals surface area contributed by atoms with E-state index in [1.165, 1.54) is 16.9 Å². The zero-order chi connectivity index (χ0) is 17.9. The molecule has 2 aromatic heterocycles. The highest BCUT2D eigenvalue weighted by molar-refractivity contribution is 7.13. The van der Waals surface area contributed by atoms with Gasteiger partial charge in [0.1, 0.15) is 9.88 Å². The lowest BCUT2D eigenvalue weighted by Crippen LogP contribution is -2.09. The molecule has 6 heteroatoms. The Kier molecular flexibility index (Phi) is 4.60. The van der Waals surface area contributed by atoms with Crippen LogP contribution in [0.2, 0.25) is 0 Å². The van der Waals surface area contributed by atoms with Gasteiger partial charge in [0.15, 0.2) is 0 Å². The van der Waals surface area contributed by atoms with E-state index < -0.39 is 0 Å². The lowest BCUT2D eigenvalue weighted by atomic mass is 9.98. The fourth-order valence-electron chi connectivity index (χ4n) is 2.69. The zero-order valence-electron chi connectivity index (χ0n) is 14.0. The summed E-state index contributed by atoms with van der Waals surface area (Å²) in [5.74, 6) is -0.137. The summed E-state index contributed by atoms with van der Waals surface area (Å²) in [4.78, 5) is 21.0. The maximum atomic E-state index is 12.1. The molecule has 0 aliphatic heterocycles. The van der Waals surface area contributed by atoms with E-state index >= 15 is 0 Å². The van der Waals surface area contributed by atoms with Crippen molar-refractivity contribution >= 4 is 34.3 Å². The Bertz CT molecular complexity index is 1020. The van der Waals surface area contributed by atoms with Gasteiger partial charge in [0.05, 0.1) is 11.7 Å². The number of hydrogen-bond acceptors (Lipinski definition) is 5. The number of aromatic nitrogens is 2. The number of anilines is 1. The molecule has 26 heavy (non-hydrogen) atoms. The van der Waals surface area contributed by atoms with Gasteiger partial charge < -0.3 is 5.32 Å². The van der Waals surface area contributed by atoms with E-state index in [-0.39, 0.29) is 5.91 Å². The number of benzene rings is 2. The molecule has 2 heterocycles. The monoisotopic (exact) mass is 377 g/mol. The third-order valence-electron chi connectivity index (χ3n) is 4.03. The highest BCUT2D eigenvalue weighted by Crippen LogP contribution is 2.31. The third-order valence-corrected chi connectivity index (χ3v) is 5.62. The summed E-state index contributed by atoms with van der Waals surface area (Å²) in [6, 6.07) is 14.3. The van der Waals surface area contributed by atoms with Crippen molar-refractivity contribution in [2.24, 2.45) is 0 Å². The van der Waals surface area contributed by atoms with Gasteiger partial charge in [-0.3, -0.25) is 9.78 Å². The predicted molar refractivity (Wildman–Crippen MR) is 108 cm³/mol. The molecule has 0 aliphatic rings. The number of amides is 1. The van der Waals surface area contributed by atoms with Crippen LogP contribution >= 0.6 is 22.7 Å². The third kappa shape index (κ3) is 3.42. The smallest absolute Gasteiger partial charge is 0.267 e. The second-order valence-corrected chi connectivity index (χ2v) is 7.55. The summed E-state index contributed by atoms with van der Waals surface area (Å²) >= 11 is 2.96. The number of nitrogens with zero attached hydrogens (tertiary/aromatic N) is 2. The van der Waals surface area contributed by atoms with E-state index in [0.717, 1.165) is 27.4 Å². The van der Waals surface area contributed by atoms with Crippen LogP contribution in [0.4, 0.5) is 5.69 Å². The molecule has 0 saturated carbocycles. The highest BCUT2D eigenvalue weighted by atomic mass is 32.1. The van der Waals surface area contributed by atoms with Gasteiger partial charge in [-0.05, 0) is 41.8 Å². The SMILES string of the molecule is Cc1ccc(-c2nccs2)cc1-c1ccc(NC(=O)c2cncs2)cc1. The van der Waals surface area contributed by atoms with Crippen molar-refractivity contribution in [3.05, 3.63) is 76.2 Å². The molecule has 1 N–H and O–H groups in total. The summed E-state index contributed by atoms with van der Waals surface area (Å²) < 4.78 is 0. The molecule has 0 radical (unpaired) electrons. The van der Waals surface area contributed by atoms with Crippen LogP contribution in [-0.2, 0) is 0 Å². The summed E-state index contributed by atoms with van der Waals surface area (Å²) in [5.41, 5.74) is 7.00. The van der Waals surface area contributed by atoms with Gasteiger partial charge >= 0.3 is 0 Å². The average molecular weight is 377 g/mol. The first-order valence-corrected chi connectivity index (χ1v) is 9.77. The molecule has 4 rings (SSSR count). The number of hydrogen-bond donors (Lipinski definition) is 1. The molecule has 4 nitrogen and oxygen atoms in total. The van der Waals surface area contributed by atoms with E-state index in [0.29, 0.717) is 4.88 Å². The standard InChI is InChI=1S/C20H15N3OS2/c1-13-2-3-15(20-22-8-9-25-20)10-17(13)14-4-6-16(7-5-14)23-19(24)18-11-21-12-26-18/h2-12H,1H3,(H,23,24). The van der Waals surface area contributed by atoms with Gasteiger partial charge in [0.2, 0.25) is 0 Å². The van der Waals surface area contributed by atoms with Crippen LogP contribution in [0.25, 0.3) is 21.7 Å². The van der Waals surface area contributed by atoms with Crippen molar-refractivity contribution in [2.75, 3.05) is 5.32 Å². The molecule has 0 aliphatic carbocycles. The van der Waals surface area contributed by atoms with Crippen molar-refractivity contribution in [3.8, 4) is 21.7 Å². The maximum Gasteiger partial charge on any atom is 0.267 e. The molecule has 1 amide bonds. The Hall–Kier alpha value is -2.83. The predicted octanol–water partition coefficient (Wildman–Crippen LogP) is 5.49. The Morgan fingerprint density at radius 2 is 1.85 bits per heavy atom. The first-order chi connectivity index (χ1) is 12.7. The molecule has 0 spiro atoms. The Morgan fingerprint density at radius 1 is 1.04 bits per heavy atom. The first-order valence-electron chi connectivity index (χ1n) is 8.01. The molecule has 2 aromatic carbocycles. The molecule has 0 atom stereocenters. The number of carbonyl (C=O) groups excluding carboxylic acids is 1. The molecule has 4 aromatic rings. The summed E-state index contributed by atoms with van der Waals surface area (Å²) in [5, 5.41) is 5.89. The average Bonchev–Trinajstić information content (AvgIpc) is 3.37. The van der Waals surface area contributed by atoms with Crippen molar-refractivity contribution in [1.82, 2.24) is 9.97 Å². The summed E-state index contributed by atoms with van der Waals surface area (Å²) in [6.07, 6.45) is 3.39. The number of carbonyl (C=O) groups is 1. The molecule has 0 saturated heterocycles. The topological polar surface area (TPSA) is 54.9 Å². The minimum atomic E-state index is -0.137. The maximum absolute atomic E-state index is 12.1. The van der Waals surface area contributed by atoms with Crippen molar-refractivity contribution in [2.45, 2.75) is 6.92 Å². The molecule has 0 bridgehead atoms. The normalized spacial score (nSPS) is 10.7. The zero-order valence-corrected chi connectivity index (χ0v) is 15.6. The number of nitrogens with one attached hydrogen (secondary N) is 1. The Morgan fingerprint density at radius 3 is 2.54 bits per heavy atom. The largest absolute Gasteiger partial charge is 0.321 e. The lowest BCUT2D eigenvalue weighted by molar-refractivity contribution is 0.103. The molecule has 0 fully saturated rings. The minimum absolute atomic E-state index is 0.137. The number of rotatable bonds is 4. The second kappa shape index (κ2) is 7.19. The van der Waals surface area contributed by atoms with E-state index in [2.05, 4.69) is 40.4 Å². The molecule has 128 valence electrons. The van der Waals surface area contributed by atoms with Crippen LogP contribution in [0, 0.1) is 6.92 Å². The quantitative estimate of drug-likeness (QED) is 0.511. The fraction of sp³-hybridized carbons (Fsp3) is 0.0500. The highest BCUT2D eigenvalue weighted by Gasteiger charge is 2.09. The lowest BCUT2D eigenvalue weighted by Gasteiger charge is -2.10. The van der Waals surface area contributed by atoms with Gasteiger partial charge in [0, 0.05) is 22.8 Å². The van der Waals surface area contributed by atoms with Crippen LogP contribution in [0.1, 0.15) is 15.2 Å². The van der Waals surface area contributed by atoms with Crippen LogP contribution in [0.3, 0.4) is 0 Å². The van der Waals surface area contributed by atoms with E-state index in [1.54, 1.807) is 23.0 Å². The molecular weight excluding hydrogens is 362 g/mol. The van der Waals surface area contributed by atoms with Gasteiger partial charge in [-0.1, -0.05) is 24.3 Å². The molecule has 0 unspecified atom stereocenters. The van der Waals surface area contributed by atoms with E-state index in [9.17, 15) is 4.79 Å². The van der Waals surface area contributed by atoms with Crippen LogP contribution < -0.4 is 5.32 Å². The minimum Gasteiger partial charge on any atom is -0.321 e. The number of aryl methyl sites for hydroxylation is 1. The second-order valence-electron chi connectivity index (χ2n) is 5.76. The van der Waals surface area contributed by atoms with E-state index in [4.69, 9.17) is 0 Å². The van der Waals surface area contributed by atoms with Gasteiger partial charge in [-0.15, -0.1) is 22.7 Å².